The maximum atomic E-state index is 2.52. The molecule has 8 aromatic carbocycles. The van der Waals surface area contributed by atoms with Crippen LogP contribution in [0.25, 0.3) is 33.4 Å². The quantitative estimate of drug-likeness (QED) is 0.154. The molecule has 0 heteroatoms. The van der Waals surface area contributed by atoms with Gasteiger partial charge in [0.1, 0.15) is 0 Å². The zero-order chi connectivity index (χ0) is 35.6. The van der Waals surface area contributed by atoms with Gasteiger partial charge in [0.15, 0.2) is 0 Å². The van der Waals surface area contributed by atoms with Gasteiger partial charge in [0.2, 0.25) is 0 Å². The van der Waals surface area contributed by atoms with Crippen LogP contribution in [-0.4, -0.2) is 0 Å². The van der Waals surface area contributed by atoms with Gasteiger partial charge in [-0.15, -0.1) is 0 Å². The van der Waals surface area contributed by atoms with Gasteiger partial charge in [0, 0.05) is 11.3 Å². The lowest BCUT2D eigenvalue weighted by Crippen LogP contribution is -2.28. The van der Waals surface area contributed by atoms with Gasteiger partial charge in [-0.25, -0.2) is 0 Å². The van der Waals surface area contributed by atoms with E-state index in [0.29, 0.717) is 0 Å². The molecule has 0 aromatic heterocycles. The summed E-state index contributed by atoms with van der Waals surface area (Å²) in [5.74, 6) is -0.00572. The largest absolute Gasteiger partial charge is 0.0713 e. The van der Waals surface area contributed by atoms with Gasteiger partial charge in [-0.1, -0.05) is 214 Å². The second-order valence-electron chi connectivity index (χ2n) is 15.2. The normalized spacial score (nSPS) is 14.8. The summed E-state index contributed by atoms with van der Waals surface area (Å²) in [6.07, 6.45) is 0. The van der Waals surface area contributed by atoms with Crippen LogP contribution in [-0.2, 0) is 10.8 Å². The van der Waals surface area contributed by atoms with Crippen LogP contribution in [0.4, 0.5) is 0 Å². The van der Waals surface area contributed by atoms with E-state index in [1.807, 2.05) is 0 Å². The summed E-state index contributed by atoms with van der Waals surface area (Å²) in [4.78, 5) is 0. The van der Waals surface area contributed by atoms with Crippen molar-refractivity contribution in [2.24, 2.45) is 0 Å². The van der Waals surface area contributed by atoms with E-state index in [1.165, 1.54) is 83.5 Å². The van der Waals surface area contributed by atoms with Crippen molar-refractivity contribution in [2.75, 3.05) is 0 Å². The van der Waals surface area contributed by atoms with E-state index in [1.54, 1.807) is 0 Å². The maximum absolute atomic E-state index is 2.52. The van der Waals surface area contributed by atoms with E-state index < -0.39 is 5.41 Å². The topological polar surface area (TPSA) is 0 Å². The van der Waals surface area contributed by atoms with E-state index >= 15 is 0 Å². The molecule has 0 saturated heterocycles. The molecule has 252 valence electrons. The van der Waals surface area contributed by atoms with E-state index in [4.69, 9.17) is 0 Å². The van der Waals surface area contributed by atoms with Crippen molar-refractivity contribution >= 4 is 0 Å². The van der Waals surface area contributed by atoms with E-state index in [9.17, 15) is 0 Å². The molecule has 0 bridgehead atoms. The first-order valence-electron chi connectivity index (χ1n) is 18.8. The van der Waals surface area contributed by atoms with Crippen LogP contribution in [0.15, 0.2) is 200 Å². The Morgan fingerprint density at radius 2 is 0.887 bits per heavy atom. The Balaban J connectivity index is 1.27. The zero-order valence-corrected chi connectivity index (χ0v) is 30.1. The van der Waals surface area contributed by atoms with Gasteiger partial charge in [0.05, 0.1) is 5.41 Å². The lowest BCUT2D eigenvalue weighted by atomic mass is 9.67. The van der Waals surface area contributed by atoms with Crippen molar-refractivity contribution in [1.29, 1.82) is 0 Å². The molecule has 0 heterocycles. The second kappa shape index (κ2) is 12.2. The predicted octanol–water partition coefficient (Wildman–Crippen LogP) is 13.2. The summed E-state index contributed by atoms with van der Waals surface area (Å²) in [7, 11) is 0. The summed E-state index contributed by atoms with van der Waals surface area (Å²) in [6.45, 7) is 4.77. The first-order valence-corrected chi connectivity index (χ1v) is 18.8. The first-order chi connectivity index (χ1) is 26.1. The number of rotatable bonds is 6. The highest BCUT2D eigenvalue weighted by Crippen LogP contribution is 2.59. The molecule has 0 nitrogen and oxygen atoms in total. The Labute approximate surface area is 313 Å². The smallest absolute Gasteiger partial charge is 0.0622 e. The molecule has 53 heavy (non-hydrogen) atoms. The highest BCUT2D eigenvalue weighted by molar-refractivity contribution is 5.89. The fourth-order valence-corrected chi connectivity index (χ4v) is 9.74. The fourth-order valence-electron chi connectivity index (χ4n) is 9.74. The van der Waals surface area contributed by atoms with Crippen LogP contribution >= 0.6 is 0 Å². The molecule has 0 fully saturated rings. The predicted molar refractivity (Wildman–Crippen MR) is 221 cm³/mol. The minimum absolute atomic E-state index is 0.00572. The molecule has 0 radical (unpaired) electrons. The van der Waals surface area contributed by atoms with Crippen LogP contribution < -0.4 is 0 Å². The van der Waals surface area contributed by atoms with Gasteiger partial charge < -0.3 is 0 Å². The van der Waals surface area contributed by atoms with Crippen molar-refractivity contribution < 1.29 is 0 Å². The first kappa shape index (κ1) is 31.5. The SMILES string of the molecule is CC1(C)c2ccccc2-c2ccc(C(c3cccc(-c4ccccc4)c3)c3cccc4c3-c3ccccc3C4(c3ccccc3)c3ccccc3)cc21. The maximum Gasteiger partial charge on any atom is 0.0713 e. The van der Waals surface area contributed by atoms with E-state index in [-0.39, 0.29) is 11.3 Å². The van der Waals surface area contributed by atoms with Gasteiger partial charge in [-0.05, 0) is 83.5 Å². The van der Waals surface area contributed by atoms with Crippen LogP contribution in [0.5, 0.6) is 0 Å². The molecule has 0 amide bonds. The van der Waals surface area contributed by atoms with Gasteiger partial charge in [0.25, 0.3) is 0 Å². The third-order valence-corrected chi connectivity index (χ3v) is 12.1. The molecular weight excluding hydrogens is 637 g/mol. The standard InChI is InChI=1S/C53H40/c1-52(2)46-29-14-12-26-42(46)43-33-32-39(35-49(43)52)50(38-21-16-20-37(34-38)36-18-6-3-7-19-36)45-28-17-31-48-51(45)44-27-13-15-30-47(44)53(48,40-22-8-4-9-23-40)41-24-10-5-11-25-41/h3-35,50H,1-2H3. The average Bonchev–Trinajstić information content (AvgIpc) is 3.65. The molecule has 0 saturated carbocycles. The van der Waals surface area contributed by atoms with Crippen molar-refractivity contribution in [2.45, 2.75) is 30.6 Å². The molecule has 1 atom stereocenters. The monoisotopic (exact) mass is 676 g/mol. The van der Waals surface area contributed by atoms with Gasteiger partial charge >= 0.3 is 0 Å². The third kappa shape index (κ3) is 4.69. The van der Waals surface area contributed by atoms with Crippen LogP contribution in [0.2, 0.25) is 0 Å². The summed E-state index contributed by atoms with van der Waals surface area (Å²) >= 11 is 0. The molecular formula is C53H40. The van der Waals surface area contributed by atoms with Crippen LogP contribution in [0.1, 0.15) is 69.8 Å². The second-order valence-corrected chi connectivity index (χ2v) is 15.2. The van der Waals surface area contributed by atoms with Crippen molar-refractivity contribution in [3.05, 3.63) is 250 Å². The zero-order valence-electron chi connectivity index (χ0n) is 30.1. The van der Waals surface area contributed by atoms with E-state index in [0.717, 1.165) is 0 Å². The molecule has 1 unspecified atom stereocenters. The Hall–Kier alpha value is -6.24. The molecule has 0 spiro atoms. The third-order valence-electron chi connectivity index (χ3n) is 12.1. The number of benzene rings is 8. The molecule has 2 aliphatic carbocycles. The molecule has 0 aliphatic heterocycles. The molecule has 10 rings (SSSR count). The Bertz CT molecular complexity index is 2590. The van der Waals surface area contributed by atoms with Crippen molar-refractivity contribution in [1.82, 2.24) is 0 Å². The number of hydrogen-bond donors (Lipinski definition) is 0. The molecule has 0 N–H and O–H groups in total. The minimum atomic E-state index is -0.456. The average molecular weight is 677 g/mol. The van der Waals surface area contributed by atoms with Gasteiger partial charge in [-0.2, -0.15) is 0 Å². The molecule has 8 aromatic rings. The van der Waals surface area contributed by atoms with Crippen molar-refractivity contribution in [3.8, 4) is 33.4 Å². The lowest BCUT2D eigenvalue weighted by Gasteiger charge is -2.34. The highest BCUT2D eigenvalue weighted by Gasteiger charge is 2.47. The Morgan fingerprint density at radius 1 is 0.358 bits per heavy atom. The van der Waals surface area contributed by atoms with Crippen LogP contribution in [0.3, 0.4) is 0 Å². The summed E-state index contributed by atoms with van der Waals surface area (Å²) in [5.41, 5.74) is 19.3. The van der Waals surface area contributed by atoms with Gasteiger partial charge in [-0.3, -0.25) is 0 Å². The minimum Gasteiger partial charge on any atom is -0.0622 e. The lowest BCUT2D eigenvalue weighted by molar-refractivity contribution is 0.659. The van der Waals surface area contributed by atoms with Crippen LogP contribution in [0, 0.1) is 0 Å². The van der Waals surface area contributed by atoms with Crippen molar-refractivity contribution in [3.63, 3.8) is 0 Å². The summed E-state index contributed by atoms with van der Waals surface area (Å²) < 4.78 is 0. The fraction of sp³-hybridized carbons (Fsp3) is 0.0943. The number of fused-ring (bicyclic) bond motifs is 6. The Morgan fingerprint density at radius 3 is 1.60 bits per heavy atom. The molecule has 2 aliphatic rings. The summed E-state index contributed by atoms with van der Waals surface area (Å²) in [5, 5.41) is 0. The highest BCUT2D eigenvalue weighted by atomic mass is 14.5. The number of hydrogen-bond acceptors (Lipinski definition) is 0. The summed E-state index contributed by atoms with van der Waals surface area (Å²) in [6, 6.07) is 74.8. The van der Waals surface area contributed by atoms with E-state index in [2.05, 4.69) is 214 Å². The Kier molecular flexibility index (Phi) is 7.24.